The molecule has 3 heteroatoms. The van der Waals surface area contributed by atoms with Gasteiger partial charge >= 0.3 is 0 Å². The fourth-order valence-corrected chi connectivity index (χ4v) is 1.71. The number of aliphatic hydroxyl groups is 1. The lowest BCUT2D eigenvalue weighted by atomic mass is 10.2. The molecule has 0 amide bonds. The number of likely N-dealkylation sites (tertiary alicyclic amines) is 1. The van der Waals surface area contributed by atoms with Gasteiger partial charge in [0, 0.05) is 12.6 Å². The first-order valence-electron chi connectivity index (χ1n) is 4.91. The van der Waals surface area contributed by atoms with Gasteiger partial charge in [0.1, 0.15) is 0 Å². The molecule has 12 heavy (non-hydrogen) atoms. The van der Waals surface area contributed by atoms with E-state index in [0.717, 1.165) is 19.6 Å². The third-order valence-corrected chi connectivity index (χ3v) is 2.43. The summed E-state index contributed by atoms with van der Waals surface area (Å²) >= 11 is 0. The summed E-state index contributed by atoms with van der Waals surface area (Å²) in [6, 6.07) is -0.0527. The van der Waals surface area contributed by atoms with Crippen LogP contribution in [0.1, 0.15) is 25.7 Å². The van der Waals surface area contributed by atoms with Gasteiger partial charge in [-0.1, -0.05) is 12.8 Å². The SMILES string of the molecule is NC(CO)CN1CCCCCC1. The molecule has 1 fully saturated rings. The van der Waals surface area contributed by atoms with Crippen molar-refractivity contribution < 1.29 is 5.11 Å². The molecule has 0 aromatic heterocycles. The molecule has 1 unspecified atom stereocenters. The van der Waals surface area contributed by atoms with Crippen molar-refractivity contribution in [2.75, 3.05) is 26.2 Å². The zero-order valence-electron chi connectivity index (χ0n) is 7.71. The van der Waals surface area contributed by atoms with Crippen molar-refractivity contribution in [2.24, 2.45) is 5.73 Å². The van der Waals surface area contributed by atoms with Crippen LogP contribution in [0, 0.1) is 0 Å². The number of hydrogen-bond donors (Lipinski definition) is 2. The normalized spacial score (nSPS) is 23.5. The Labute approximate surface area is 74.5 Å². The molecular weight excluding hydrogens is 152 g/mol. The molecule has 3 nitrogen and oxygen atoms in total. The standard InChI is InChI=1S/C9H20N2O/c10-9(8-12)7-11-5-3-1-2-4-6-11/h9,12H,1-8,10H2. The van der Waals surface area contributed by atoms with Crippen molar-refractivity contribution in [3.05, 3.63) is 0 Å². The van der Waals surface area contributed by atoms with E-state index in [2.05, 4.69) is 4.90 Å². The highest BCUT2D eigenvalue weighted by Gasteiger charge is 2.11. The molecular formula is C9H20N2O. The predicted molar refractivity (Wildman–Crippen MR) is 50.0 cm³/mol. The minimum absolute atomic E-state index is 0.0527. The van der Waals surface area contributed by atoms with E-state index in [9.17, 15) is 0 Å². The van der Waals surface area contributed by atoms with Crippen LogP contribution < -0.4 is 5.73 Å². The minimum atomic E-state index is -0.0527. The molecule has 1 saturated heterocycles. The molecule has 3 N–H and O–H groups in total. The Bertz CT molecular complexity index is 111. The van der Waals surface area contributed by atoms with Crippen LogP contribution in [-0.2, 0) is 0 Å². The largest absolute Gasteiger partial charge is 0.395 e. The lowest BCUT2D eigenvalue weighted by Crippen LogP contribution is -2.40. The fourth-order valence-electron chi connectivity index (χ4n) is 1.71. The van der Waals surface area contributed by atoms with Crippen LogP contribution >= 0.6 is 0 Å². The Morgan fingerprint density at radius 2 is 1.75 bits per heavy atom. The van der Waals surface area contributed by atoms with E-state index < -0.39 is 0 Å². The van der Waals surface area contributed by atoms with E-state index >= 15 is 0 Å². The quantitative estimate of drug-likeness (QED) is 0.638. The molecule has 0 bridgehead atoms. The predicted octanol–water partition coefficient (Wildman–Crippen LogP) is 0.182. The number of hydrogen-bond acceptors (Lipinski definition) is 3. The van der Waals surface area contributed by atoms with Crippen molar-refractivity contribution in [3.8, 4) is 0 Å². The van der Waals surface area contributed by atoms with Crippen molar-refractivity contribution in [1.82, 2.24) is 4.90 Å². The smallest absolute Gasteiger partial charge is 0.0595 e. The van der Waals surface area contributed by atoms with Gasteiger partial charge in [0.25, 0.3) is 0 Å². The zero-order chi connectivity index (χ0) is 8.81. The second-order valence-corrected chi connectivity index (χ2v) is 3.66. The zero-order valence-corrected chi connectivity index (χ0v) is 7.71. The maximum atomic E-state index is 8.78. The Morgan fingerprint density at radius 1 is 1.17 bits per heavy atom. The summed E-state index contributed by atoms with van der Waals surface area (Å²) in [6.07, 6.45) is 5.28. The highest BCUT2D eigenvalue weighted by Crippen LogP contribution is 2.09. The summed E-state index contributed by atoms with van der Waals surface area (Å²) in [5.74, 6) is 0. The first-order chi connectivity index (χ1) is 5.83. The van der Waals surface area contributed by atoms with Gasteiger partial charge in [-0.2, -0.15) is 0 Å². The van der Waals surface area contributed by atoms with Gasteiger partial charge in [-0.3, -0.25) is 0 Å². The van der Waals surface area contributed by atoms with Gasteiger partial charge in [-0.15, -0.1) is 0 Å². The topological polar surface area (TPSA) is 49.5 Å². The average molecular weight is 172 g/mol. The second kappa shape index (κ2) is 5.51. The van der Waals surface area contributed by atoms with E-state index in [1.54, 1.807) is 0 Å². The third kappa shape index (κ3) is 3.52. The van der Waals surface area contributed by atoms with Gasteiger partial charge in [-0.25, -0.2) is 0 Å². The van der Waals surface area contributed by atoms with Gasteiger partial charge in [0.05, 0.1) is 6.61 Å². The number of nitrogens with zero attached hydrogens (tertiary/aromatic N) is 1. The van der Waals surface area contributed by atoms with E-state index in [0.29, 0.717) is 0 Å². The van der Waals surface area contributed by atoms with Crippen LogP contribution in [0.15, 0.2) is 0 Å². The summed E-state index contributed by atoms with van der Waals surface area (Å²) in [6.45, 7) is 3.29. The summed E-state index contributed by atoms with van der Waals surface area (Å²) in [4.78, 5) is 2.37. The summed E-state index contributed by atoms with van der Waals surface area (Å²) < 4.78 is 0. The molecule has 1 aliphatic rings. The molecule has 0 radical (unpaired) electrons. The van der Waals surface area contributed by atoms with Crippen molar-refractivity contribution in [1.29, 1.82) is 0 Å². The molecule has 1 aliphatic heterocycles. The maximum Gasteiger partial charge on any atom is 0.0595 e. The Kier molecular flexibility index (Phi) is 4.58. The number of aliphatic hydroxyl groups excluding tert-OH is 1. The van der Waals surface area contributed by atoms with Crippen molar-refractivity contribution in [3.63, 3.8) is 0 Å². The van der Waals surface area contributed by atoms with Gasteiger partial charge in [-0.05, 0) is 25.9 Å². The summed E-state index contributed by atoms with van der Waals surface area (Å²) in [7, 11) is 0. The first kappa shape index (κ1) is 9.96. The third-order valence-electron chi connectivity index (χ3n) is 2.43. The van der Waals surface area contributed by atoms with Crippen LogP contribution in [0.4, 0.5) is 0 Å². The Morgan fingerprint density at radius 3 is 2.25 bits per heavy atom. The molecule has 0 aliphatic carbocycles. The van der Waals surface area contributed by atoms with Crippen LogP contribution in [0.3, 0.4) is 0 Å². The maximum absolute atomic E-state index is 8.78. The average Bonchev–Trinajstić information content (AvgIpc) is 2.33. The molecule has 0 spiro atoms. The molecule has 1 rings (SSSR count). The Hall–Kier alpha value is -0.120. The van der Waals surface area contributed by atoms with E-state index in [-0.39, 0.29) is 12.6 Å². The molecule has 0 aromatic rings. The van der Waals surface area contributed by atoms with Crippen molar-refractivity contribution in [2.45, 2.75) is 31.7 Å². The minimum Gasteiger partial charge on any atom is -0.395 e. The van der Waals surface area contributed by atoms with Crippen LogP contribution in [0.2, 0.25) is 0 Å². The molecule has 0 aromatic carbocycles. The molecule has 72 valence electrons. The van der Waals surface area contributed by atoms with Crippen molar-refractivity contribution >= 4 is 0 Å². The number of rotatable bonds is 3. The van der Waals surface area contributed by atoms with Gasteiger partial charge in [0.15, 0.2) is 0 Å². The van der Waals surface area contributed by atoms with Gasteiger partial charge in [0.2, 0.25) is 0 Å². The second-order valence-electron chi connectivity index (χ2n) is 3.66. The van der Waals surface area contributed by atoms with E-state index in [1.165, 1.54) is 25.7 Å². The fraction of sp³-hybridized carbons (Fsp3) is 1.00. The van der Waals surface area contributed by atoms with E-state index in [4.69, 9.17) is 10.8 Å². The van der Waals surface area contributed by atoms with Crippen LogP contribution in [0.5, 0.6) is 0 Å². The summed E-state index contributed by atoms with van der Waals surface area (Å²) in [5, 5.41) is 8.78. The highest BCUT2D eigenvalue weighted by molar-refractivity contribution is 4.69. The molecule has 1 atom stereocenters. The molecule has 1 heterocycles. The van der Waals surface area contributed by atoms with E-state index in [1.807, 2.05) is 0 Å². The molecule has 0 saturated carbocycles. The lowest BCUT2D eigenvalue weighted by Gasteiger charge is -2.22. The highest BCUT2D eigenvalue weighted by atomic mass is 16.3. The number of nitrogens with two attached hydrogens (primary N) is 1. The van der Waals surface area contributed by atoms with Gasteiger partial charge < -0.3 is 15.7 Å². The van der Waals surface area contributed by atoms with Crippen LogP contribution in [0.25, 0.3) is 0 Å². The lowest BCUT2D eigenvalue weighted by molar-refractivity contribution is 0.205. The Balaban J connectivity index is 2.20. The monoisotopic (exact) mass is 172 g/mol. The van der Waals surface area contributed by atoms with Crippen LogP contribution in [-0.4, -0.2) is 42.3 Å². The first-order valence-corrected chi connectivity index (χ1v) is 4.91. The summed E-state index contributed by atoms with van der Waals surface area (Å²) in [5.41, 5.74) is 5.66.